The van der Waals surface area contributed by atoms with E-state index >= 15 is 0 Å². The monoisotopic (exact) mass is 331 g/mol. The summed E-state index contributed by atoms with van der Waals surface area (Å²) in [4.78, 5) is 12.0. The van der Waals surface area contributed by atoms with Crippen LogP contribution < -0.4 is 4.74 Å². The van der Waals surface area contributed by atoms with Crippen molar-refractivity contribution in [2.45, 2.75) is 13.0 Å². The zero-order chi connectivity index (χ0) is 16.2. The standard InChI is InChI=1S/C17H14ClNO4/c1-21-15-7-6-12(18)8-11(15)10-22-17(20)9-14-13-4-2-3-5-16(13)23-19-14/h2-8H,9-10H2,1H3. The Morgan fingerprint density at radius 1 is 1.26 bits per heavy atom. The minimum absolute atomic E-state index is 0.0416. The average Bonchev–Trinajstić information content (AvgIpc) is 2.96. The molecule has 1 aromatic heterocycles. The summed E-state index contributed by atoms with van der Waals surface area (Å²) in [7, 11) is 1.55. The van der Waals surface area contributed by atoms with Crippen molar-refractivity contribution in [3.05, 3.63) is 58.7 Å². The van der Waals surface area contributed by atoms with Gasteiger partial charge in [0.1, 0.15) is 18.1 Å². The summed E-state index contributed by atoms with van der Waals surface area (Å²) < 4.78 is 15.7. The zero-order valence-corrected chi connectivity index (χ0v) is 13.2. The Morgan fingerprint density at radius 2 is 2.09 bits per heavy atom. The van der Waals surface area contributed by atoms with E-state index in [0.717, 1.165) is 5.39 Å². The van der Waals surface area contributed by atoms with Crippen molar-refractivity contribution in [1.29, 1.82) is 0 Å². The summed E-state index contributed by atoms with van der Waals surface area (Å²) in [6, 6.07) is 12.5. The molecule has 0 fully saturated rings. The normalized spacial score (nSPS) is 10.7. The first-order valence-electron chi connectivity index (χ1n) is 6.98. The second-order valence-electron chi connectivity index (χ2n) is 4.92. The fourth-order valence-corrected chi connectivity index (χ4v) is 2.47. The van der Waals surface area contributed by atoms with E-state index in [1.54, 1.807) is 31.4 Å². The lowest BCUT2D eigenvalue weighted by Crippen LogP contribution is -2.09. The van der Waals surface area contributed by atoms with E-state index in [-0.39, 0.29) is 13.0 Å². The zero-order valence-electron chi connectivity index (χ0n) is 12.4. The van der Waals surface area contributed by atoms with Crippen molar-refractivity contribution in [3.8, 4) is 5.75 Å². The highest BCUT2D eigenvalue weighted by Crippen LogP contribution is 2.24. The number of halogens is 1. The fourth-order valence-electron chi connectivity index (χ4n) is 2.27. The molecule has 0 spiro atoms. The third-order valence-corrected chi connectivity index (χ3v) is 3.63. The molecule has 3 aromatic rings. The molecule has 5 nitrogen and oxygen atoms in total. The Bertz CT molecular complexity index is 843. The van der Waals surface area contributed by atoms with Crippen LogP contribution in [0, 0.1) is 0 Å². The van der Waals surface area contributed by atoms with E-state index in [9.17, 15) is 4.79 Å². The Kier molecular flexibility index (Phi) is 4.48. The number of nitrogens with zero attached hydrogens (tertiary/aromatic N) is 1. The Morgan fingerprint density at radius 3 is 2.91 bits per heavy atom. The molecule has 0 aliphatic carbocycles. The topological polar surface area (TPSA) is 61.6 Å². The molecule has 2 aromatic carbocycles. The summed E-state index contributed by atoms with van der Waals surface area (Å²) in [5.41, 5.74) is 1.91. The number of esters is 1. The van der Waals surface area contributed by atoms with Crippen LogP contribution in [-0.2, 0) is 22.6 Å². The van der Waals surface area contributed by atoms with E-state index < -0.39 is 5.97 Å². The van der Waals surface area contributed by atoms with E-state index in [1.165, 1.54) is 0 Å². The van der Waals surface area contributed by atoms with Gasteiger partial charge < -0.3 is 14.0 Å². The molecule has 0 aliphatic rings. The van der Waals surface area contributed by atoms with Crippen molar-refractivity contribution in [3.63, 3.8) is 0 Å². The predicted molar refractivity (Wildman–Crippen MR) is 85.5 cm³/mol. The van der Waals surface area contributed by atoms with Gasteiger partial charge in [0.15, 0.2) is 5.58 Å². The van der Waals surface area contributed by atoms with Gasteiger partial charge in [-0.3, -0.25) is 4.79 Å². The summed E-state index contributed by atoms with van der Waals surface area (Å²) in [5, 5.41) is 5.28. The number of benzene rings is 2. The third kappa shape index (κ3) is 3.46. The Balaban J connectivity index is 1.67. The van der Waals surface area contributed by atoms with Crippen LogP contribution in [0.3, 0.4) is 0 Å². The quantitative estimate of drug-likeness (QED) is 0.666. The first-order valence-corrected chi connectivity index (χ1v) is 7.36. The predicted octanol–water partition coefficient (Wildman–Crippen LogP) is 3.78. The lowest BCUT2D eigenvalue weighted by molar-refractivity contribution is -0.144. The molecule has 1 heterocycles. The fraction of sp³-hybridized carbons (Fsp3) is 0.176. The highest BCUT2D eigenvalue weighted by Gasteiger charge is 2.14. The minimum Gasteiger partial charge on any atom is -0.496 e. The maximum atomic E-state index is 12.0. The molecule has 0 unspecified atom stereocenters. The lowest BCUT2D eigenvalue weighted by atomic mass is 10.2. The molecule has 0 radical (unpaired) electrons. The van der Waals surface area contributed by atoms with Gasteiger partial charge >= 0.3 is 5.97 Å². The number of rotatable bonds is 5. The molecule has 6 heteroatoms. The highest BCUT2D eigenvalue weighted by molar-refractivity contribution is 6.30. The van der Waals surface area contributed by atoms with E-state index in [0.29, 0.717) is 27.6 Å². The van der Waals surface area contributed by atoms with E-state index in [1.807, 2.05) is 18.2 Å². The van der Waals surface area contributed by atoms with Crippen LogP contribution >= 0.6 is 11.6 Å². The summed E-state index contributed by atoms with van der Waals surface area (Å²) in [5.74, 6) is 0.222. The molecular formula is C17H14ClNO4. The van der Waals surface area contributed by atoms with Gasteiger partial charge in [0.05, 0.1) is 13.5 Å². The second-order valence-corrected chi connectivity index (χ2v) is 5.36. The van der Waals surface area contributed by atoms with Gasteiger partial charge in [0, 0.05) is 16.0 Å². The Labute approximate surface area is 137 Å². The molecule has 0 atom stereocenters. The van der Waals surface area contributed by atoms with Crippen molar-refractivity contribution in [2.75, 3.05) is 7.11 Å². The lowest BCUT2D eigenvalue weighted by Gasteiger charge is -2.09. The molecule has 0 N–H and O–H groups in total. The molecule has 0 bridgehead atoms. The Hall–Kier alpha value is -2.53. The van der Waals surface area contributed by atoms with Crippen molar-refractivity contribution < 1.29 is 18.8 Å². The SMILES string of the molecule is COc1ccc(Cl)cc1COC(=O)Cc1noc2ccccc12. The van der Waals surface area contributed by atoms with Crippen LogP contribution in [0.2, 0.25) is 5.02 Å². The van der Waals surface area contributed by atoms with Gasteiger partial charge in [-0.2, -0.15) is 0 Å². The van der Waals surface area contributed by atoms with Crippen molar-refractivity contribution in [1.82, 2.24) is 5.16 Å². The maximum Gasteiger partial charge on any atom is 0.312 e. The van der Waals surface area contributed by atoms with Gasteiger partial charge in [-0.15, -0.1) is 0 Å². The number of aromatic nitrogens is 1. The number of methoxy groups -OCH3 is 1. The van der Waals surface area contributed by atoms with Gasteiger partial charge in [-0.05, 0) is 30.3 Å². The molecular weight excluding hydrogens is 318 g/mol. The van der Waals surface area contributed by atoms with Crippen LogP contribution in [0.5, 0.6) is 5.75 Å². The third-order valence-electron chi connectivity index (χ3n) is 3.40. The number of carbonyl (C=O) groups is 1. The highest BCUT2D eigenvalue weighted by atomic mass is 35.5. The van der Waals surface area contributed by atoms with Gasteiger partial charge in [0.25, 0.3) is 0 Å². The number of hydrogen-bond donors (Lipinski definition) is 0. The molecule has 0 saturated heterocycles. The molecule has 0 saturated carbocycles. The average molecular weight is 332 g/mol. The second kappa shape index (κ2) is 6.71. The van der Waals surface area contributed by atoms with Crippen LogP contribution in [0.15, 0.2) is 47.0 Å². The number of para-hydroxylation sites is 1. The number of hydrogen-bond acceptors (Lipinski definition) is 5. The van der Waals surface area contributed by atoms with Crippen molar-refractivity contribution in [2.24, 2.45) is 0 Å². The minimum atomic E-state index is -0.397. The number of carbonyl (C=O) groups excluding carboxylic acids is 1. The molecule has 118 valence electrons. The van der Waals surface area contributed by atoms with E-state index in [2.05, 4.69) is 5.16 Å². The number of fused-ring (bicyclic) bond motifs is 1. The summed E-state index contributed by atoms with van der Waals surface area (Å²) in [6.45, 7) is 0.0817. The summed E-state index contributed by atoms with van der Waals surface area (Å²) in [6.07, 6.45) is 0.0416. The van der Waals surface area contributed by atoms with Gasteiger partial charge in [0.2, 0.25) is 0 Å². The first-order chi connectivity index (χ1) is 11.2. The van der Waals surface area contributed by atoms with Crippen LogP contribution in [0.4, 0.5) is 0 Å². The smallest absolute Gasteiger partial charge is 0.312 e. The first kappa shape index (κ1) is 15.4. The summed E-state index contributed by atoms with van der Waals surface area (Å²) >= 11 is 5.95. The van der Waals surface area contributed by atoms with Crippen LogP contribution in [0.1, 0.15) is 11.3 Å². The largest absolute Gasteiger partial charge is 0.496 e. The van der Waals surface area contributed by atoms with Gasteiger partial charge in [-0.1, -0.05) is 28.9 Å². The molecule has 0 amide bonds. The van der Waals surface area contributed by atoms with Crippen molar-refractivity contribution >= 4 is 28.5 Å². The number of ether oxygens (including phenoxy) is 2. The maximum absolute atomic E-state index is 12.0. The van der Waals surface area contributed by atoms with E-state index in [4.69, 9.17) is 25.6 Å². The molecule has 23 heavy (non-hydrogen) atoms. The van der Waals surface area contributed by atoms with Crippen LogP contribution in [-0.4, -0.2) is 18.2 Å². The molecule has 3 rings (SSSR count). The van der Waals surface area contributed by atoms with Crippen LogP contribution in [0.25, 0.3) is 11.0 Å². The van der Waals surface area contributed by atoms with Gasteiger partial charge in [-0.25, -0.2) is 0 Å². The molecule has 0 aliphatic heterocycles.